The first-order valence-electron chi connectivity index (χ1n) is 18.3. The largest absolute Gasteiger partial charge is 0.507 e. The number of aromatic carboxylic acids is 2. The first-order chi connectivity index (χ1) is 29.1. The highest BCUT2D eigenvalue weighted by Gasteiger charge is 2.25. The van der Waals surface area contributed by atoms with Crippen molar-refractivity contribution in [2.24, 2.45) is 9.98 Å². The van der Waals surface area contributed by atoms with Crippen LogP contribution in [0.3, 0.4) is 0 Å². The van der Waals surface area contributed by atoms with E-state index in [1.165, 1.54) is 61.0 Å². The Labute approximate surface area is 338 Å². The minimum atomic E-state index is -1.15. The third kappa shape index (κ3) is 6.39. The van der Waals surface area contributed by atoms with Crippen LogP contribution in [0.4, 0.5) is 11.4 Å². The maximum absolute atomic E-state index is 12.5. The zero-order valence-electron chi connectivity index (χ0n) is 31.0. The summed E-state index contributed by atoms with van der Waals surface area (Å²) in [5, 5.41) is 43.4. The summed E-state index contributed by atoms with van der Waals surface area (Å²) in [4.78, 5) is 59.0. The summed E-state index contributed by atoms with van der Waals surface area (Å²) in [6.07, 6.45) is 2.75. The Balaban J connectivity index is 1.19. The van der Waals surface area contributed by atoms with Gasteiger partial charge in [-0.25, -0.2) is 9.59 Å². The van der Waals surface area contributed by atoms with Crippen molar-refractivity contribution in [3.05, 3.63) is 176 Å². The normalized spacial score (nSPS) is 11.7. The van der Waals surface area contributed by atoms with Crippen LogP contribution in [-0.2, 0) is 0 Å². The maximum Gasteiger partial charge on any atom is 0.336 e. The van der Waals surface area contributed by atoms with E-state index in [4.69, 9.17) is 8.83 Å². The zero-order chi connectivity index (χ0) is 41.7. The Morgan fingerprint density at radius 3 is 1.30 bits per heavy atom. The second-order valence-corrected chi connectivity index (χ2v) is 13.7. The average molecular weight is 793 g/mol. The van der Waals surface area contributed by atoms with E-state index >= 15 is 0 Å². The van der Waals surface area contributed by atoms with Crippen LogP contribution in [0, 0.1) is 0 Å². The predicted molar refractivity (Wildman–Crippen MR) is 227 cm³/mol. The van der Waals surface area contributed by atoms with E-state index in [-0.39, 0.29) is 67.3 Å². The van der Waals surface area contributed by atoms with Crippen molar-refractivity contribution in [2.75, 3.05) is 0 Å². The molecule has 2 aliphatic heterocycles. The minimum absolute atomic E-state index is 0.0299. The Hall–Kier alpha value is -8.64. The highest BCUT2D eigenvalue weighted by atomic mass is 16.4. The summed E-state index contributed by atoms with van der Waals surface area (Å²) in [6.45, 7) is 0. The summed E-state index contributed by atoms with van der Waals surface area (Å²) in [5.41, 5.74) is 3.34. The number of rotatable bonds is 8. The van der Waals surface area contributed by atoms with Crippen molar-refractivity contribution >= 4 is 57.7 Å². The number of aliphatic imine (C=N–C) groups is 2. The van der Waals surface area contributed by atoms with Crippen molar-refractivity contribution in [3.63, 3.8) is 0 Å². The predicted octanol–water partition coefficient (Wildman–Crippen LogP) is 9.75. The standard InChI is InChI=1S/C48H28N2O10/c51-25-13-15-31-41(21-25)59-45-33(43(31)27-7-1-3-9-29(27)47(55)56)17-19-39(53)35(45)23-49-37-11-5-6-12-38(37)50-24-36-40(54)20-18-34-44(28-8-2-4-10-30(28)48(57)58)32-16-14-26(52)22-42(32)60-46(34)36/h1-24,53-54H,(H,55,56)(H,57,58). The van der Waals surface area contributed by atoms with Gasteiger partial charge in [0.05, 0.1) is 33.6 Å². The maximum atomic E-state index is 12.5. The molecule has 0 saturated carbocycles. The van der Waals surface area contributed by atoms with Crippen molar-refractivity contribution in [3.8, 4) is 56.4 Å². The number of aromatic hydroxyl groups is 2. The fraction of sp³-hybridized carbons (Fsp3) is 0. The number of fused-ring (bicyclic) bond motifs is 4. The molecule has 290 valence electrons. The Kier molecular flexibility index (Phi) is 9.06. The number of hydrogen-bond acceptors (Lipinski definition) is 10. The molecule has 0 spiro atoms. The quantitative estimate of drug-likeness (QED) is 0.0848. The molecule has 0 unspecified atom stereocenters. The van der Waals surface area contributed by atoms with Gasteiger partial charge in [0.15, 0.2) is 10.9 Å². The van der Waals surface area contributed by atoms with E-state index in [1.54, 1.807) is 84.9 Å². The Morgan fingerprint density at radius 1 is 0.483 bits per heavy atom. The van der Waals surface area contributed by atoms with Gasteiger partial charge in [-0.05, 0) is 83.9 Å². The van der Waals surface area contributed by atoms with Crippen LogP contribution in [0.1, 0.15) is 31.8 Å². The first-order valence-corrected chi connectivity index (χ1v) is 18.3. The molecule has 12 nitrogen and oxygen atoms in total. The number of carboxylic acids is 2. The smallest absolute Gasteiger partial charge is 0.336 e. The summed E-state index contributed by atoms with van der Waals surface area (Å²) in [5.74, 6) is -2.37. The molecule has 0 atom stereocenters. The molecule has 4 N–H and O–H groups in total. The highest BCUT2D eigenvalue weighted by molar-refractivity contribution is 6.13. The lowest BCUT2D eigenvalue weighted by Crippen LogP contribution is -2.04. The van der Waals surface area contributed by atoms with Gasteiger partial charge < -0.3 is 29.3 Å². The van der Waals surface area contributed by atoms with Crippen LogP contribution in [-0.4, -0.2) is 44.8 Å². The van der Waals surface area contributed by atoms with Gasteiger partial charge in [0.25, 0.3) is 0 Å². The van der Waals surface area contributed by atoms with Crippen molar-refractivity contribution in [1.29, 1.82) is 0 Å². The summed E-state index contributed by atoms with van der Waals surface area (Å²) < 4.78 is 12.5. The van der Waals surface area contributed by atoms with Gasteiger partial charge >= 0.3 is 11.9 Å². The number of benzene rings is 7. The van der Waals surface area contributed by atoms with E-state index in [2.05, 4.69) is 9.98 Å². The van der Waals surface area contributed by atoms with Crippen LogP contribution in [0.2, 0.25) is 0 Å². The monoisotopic (exact) mass is 792 g/mol. The highest BCUT2D eigenvalue weighted by Crippen LogP contribution is 2.45. The van der Waals surface area contributed by atoms with Crippen LogP contribution < -0.4 is 10.9 Å². The number of para-hydroxylation sites is 2. The molecule has 12 heteroatoms. The second kappa shape index (κ2) is 14.7. The van der Waals surface area contributed by atoms with E-state index in [0.717, 1.165) is 0 Å². The fourth-order valence-electron chi connectivity index (χ4n) is 7.45. The third-order valence-electron chi connectivity index (χ3n) is 10.2. The molecule has 0 amide bonds. The number of phenols is 2. The molecule has 5 aromatic rings. The van der Waals surface area contributed by atoms with Gasteiger partial charge in [0.2, 0.25) is 0 Å². The molecule has 4 aliphatic rings. The number of nitrogens with zero attached hydrogens (tertiary/aromatic N) is 2. The second-order valence-electron chi connectivity index (χ2n) is 13.7. The Bertz CT molecular complexity index is 3140. The van der Waals surface area contributed by atoms with E-state index < -0.39 is 11.9 Å². The lowest BCUT2D eigenvalue weighted by atomic mass is 9.90. The number of carbonyl (C=O) groups is 2. The van der Waals surface area contributed by atoms with Gasteiger partial charge in [-0.15, -0.1) is 0 Å². The molecule has 2 heterocycles. The van der Waals surface area contributed by atoms with Crippen LogP contribution in [0.25, 0.3) is 66.8 Å². The lowest BCUT2D eigenvalue weighted by molar-refractivity contribution is 0.0687. The van der Waals surface area contributed by atoms with Crippen molar-refractivity contribution in [2.45, 2.75) is 0 Å². The van der Waals surface area contributed by atoms with E-state index in [0.29, 0.717) is 55.5 Å². The average Bonchev–Trinajstić information content (AvgIpc) is 3.24. The van der Waals surface area contributed by atoms with Gasteiger partial charge in [-0.3, -0.25) is 19.6 Å². The Morgan fingerprint density at radius 2 is 0.883 bits per heavy atom. The molecular formula is C48H28N2O10. The molecule has 5 aromatic carbocycles. The number of phenolic OH excluding ortho intramolecular Hbond substituents is 2. The minimum Gasteiger partial charge on any atom is -0.507 e. The molecule has 9 rings (SSSR count). The van der Waals surface area contributed by atoms with Crippen molar-refractivity contribution in [1.82, 2.24) is 0 Å². The summed E-state index contributed by atoms with van der Waals surface area (Å²) in [6, 6.07) is 34.3. The molecular weight excluding hydrogens is 765 g/mol. The van der Waals surface area contributed by atoms with Gasteiger partial charge in [-0.1, -0.05) is 48.5 Å². The number of hydrogen-bond donors (Lipinski definition) is 4. The van der Waals surface area contributed by atoms with E-state index in [9.17, 15) is 39.6 Å². The fourth-order valence-corrected chi connectivity index (χ4v) is 7.45. The SMILES string of the molecule is O=C(O)c1ccccc1-c1c2ccc(=O)cc-2oc2c(C=Nc3ccccc3N=Cc3c(O)ccc4c(-c5ccccc5C(=O)O)c5ccc(=O)cc-5oc34)c(O)ccc12. The summed E-state index contributed by atoms with van der Waals surface area (Å²) in [7, 11) is 0. The molecule has 0 radical (unpaired) electrons. The molecule has 60 heavy (non-hydrogen) atoms. The molecule has 0 bridgehead atoms. The van der Waals surface area contributed by atoms with E-state index in [1.807, 2.05) is 0 Å². The van der Waals surface area contributed by atoms with Crippen LogP contribution >= 0.6 is 0 Å². The van der Waals surface area contributed by atoms with Gasteiger partial charge in [0.1, 0.15) is 34.2 Å². The molecule has 0 saturated heterocycles. The first kappa shape index (κ1) is 37.0. The van der Waals surface area contributed by atoms with Crippen LogP contribution in [0.5, 0.6) is 11.5 Å². The zero-order valence-corrected chi connectivity index (χ0v) is 31.0. The number of carboxylic acid groups (broad SMARTS) is 2. The summed E-state index contributed by atoms with van der Waals surface area (Å²) >= 11 is 0. The lowest BCUT2D eigenvalue weighted by Gasteiger charge is -2.18. The molecule has 0 fully saturated rings. The topological polar surface area (TPSA) is 200 Å². The van der Waals surface area contributed by atoms with Gasteiger partial charge in [-0.2, -0.15) is 0 Å². The molecule has 2 aliphatic carbocycles. The molecule has 0 aromatic heterocycles. The van der Waals surface area contributed by atoms with Crippen LogP contribution in [0.15, 0.2) is 162 Å². The van der Waals surface area contributed by atoms with Crippen molar-refractivity contribution < 1.29 is 38.8 Å². The third-order valence-corrected chi connectivity index (χ3v) is 10.2. The van der Waals surface area contributed by atoms with Gasteiger partial charge in [0, 0.05) is 57.6 Å².